The Hall–Kier alpha value is -1.46. The van der Waals surface area contributed by atoms with Gasteiger partial charge in [-0.1, -0.05) is 25.0 Å². The van der Waals surface area contributed by atoms with Crippen LogP contribution in [0.1, 0.15) is 24.5 Å². The lowest BCUT2D eigenvalue weighted by Crippen LogP contribution is -2.26. The average molecular weight is 217 g/mol. The molecule has 0 aromatic heterocycles. The zero-order chi connectivity index (χ0) is 12.0. The van der Waals surface area contributed by atoms with Gasteiger partial charge in [0, 0.05) is 6.54 Å². The molecule has 0 saturated carbocycles. The molecular weight excluding hydrogens is 198 g/mol. The lowest BCUT2D eigenvalue weighted by Gasteiger charge is -2.12. The molecule has 0 aliphatic rings. The van der Waals surface area contributed by atoms with Gasteiger partial charge in [0.15, 0.2) is 0 Å². The minimum atomic E-state index is 0.155. The van der Waals surface area contributed by atoms with E-state index in [-0.39, 0.29) is 6.04 Å². The van der Waals surface area contributed by atoms with E-state index < -0.39 is 0 Å². The lowest BCUT2D eigenvalue weighted by molar-refractivity contribution is 0.411. The van der Waals surface area contributed by atoms with Crippen LogP contribution in [0.2, 0.25) is 0 Å². The molecule has 0 spiro atoms. The number of aryl methyl sites for hydroxylation is 1. The fourth-order valence-electron chi connectivity index (χ4n) is 1.61. The summed E-state index contributed by atoms with van der Waals surface area (Å²) in [6.45, 7) is 4.92. The Morgan fingerprint density at radius 2 is 2.25 bits per heavy atom. The summed E-state index contributed by atoms with van der Waals surface area (Å²) in [5.74, 6) is 3.65. The first-order valence-electron chi connectivity index (χ1n) is 5.54. The van der Waals surface area contributed by atoms with Gasteiger partial charge in [-0.15, -0.1) is 6.42 Å². The van der Waals surface area contributed by atoms with Gasteiger partial charge in [-0.25, -0.2) is 0 Å². The first-order chi connectivity index (χ1) is 7.71. The van der Waals surface area contributed by atoms with E-state index in [4.69, 9.17) is 11.2 Å². The number of nitrogens with one attached hydrogen (secondary N) is 1. The van der Waals surface area contributed by atoms with E-state index in [0.29, 0.717) is 0 Å². The maximum atomic E-state index is 5.39. The Labute approximate surface area is 98.0 Å². The van der Waals surface area contributed by atoms with Crippen LogP contribution < -0.4 is 10.1 Å². The number of rotatable bonds is 5. The summed E-state index contributed by atoms with van der Waals surface area (Å²) < 4.78 is 5.22. The fraction of sp³-hybridized carbons (Fsp3) is 0.429. The van der Waals surface area contributed by atoms with Gasteiger partial charge in [0.25, 0.3) is 0 Å². The maximum absolute atomic E-state index is 5.39. The van der Waals surface area contributed by atoms with Crippen molar-refractivity contribution < 1.29 is 4.74 Å². The zero-order valence-electron chi connectivity index (χ0n) is 10.2. The Kier molecular flexibility index (Phi) is 4.88. The lowest BCUT2D eigenvalue weighted by atomic mass is 10.1. The molecule has 0 radical (unpaired) electrons. The second-order valence-electron chi connectivity index (χ2n) is 3.81. The minimum absolute atomic E-state index is 0.155. The molecule has 2 heteroatoms. The molecule has 0 bridgehead atoms. The summed E-state index contributed by atoms with van der Waals surface area (Å²) in [5.41, 5.74) is 2.38. The van der Waals surface area contributed by atoms with Crippen molar-refractivity contribution in [2.24, 2.45) is 0 Å². The van der Waals surface area contributed by atoms with E-state index in [0.717, 1.165) is 24.3 Å². The molecule has 0 aliphatic carbocycles. The topological polar surface area (TPSA) is 21.3 Å². The Morgan fingerprint density at radius 1 is 1.50 bits per heavy atom. The number of methoxy groups -OCH3 is 1. The van der Waals surface area contributed by atoms with E-state index >= 15 is 0 Å². The summed E-state index contributed by atoms with van der Waals surface area (Å²) in [6.07, 6.45) is 6.34. The number of terminal acetylenes is 1. The van der Waals surface area contributed by atoms with Crippen molar-refractivity contribution in [3.8, 4) is 18.1 Å². The summed E-state index contributed by atoms with van der Waals surface area (Å²) in [4.78, 5) is 0. The van der Waals surface area contributed by atoms with Gasteiger partial charge in [-0.05, 0) is 30.5 Å². The molecule has 2 nitrogen and oxygen atoms in total. The molecule has 1 atom stereocenters. The molecule has 0 aliphatic heterocycles. The number of ether oxygens (including phenoxy) is 1. The SMILES string of the molecule is C#CC(CC)NCc1ccc(OC)c(C)c1. The van der Waals surface area contributed by atoms with E-state index in [2.05, 4.69) is 30.3 Å². The van der Waals surface area contributed by atoms with Gasteiger partial charge in [-0.3, -0.25) is 5.32 Å². The van der Waals surface area contributed by atoms with Crippen molar-refractivity contribution in [3.63, 3.8) is 0 Å². The van der Waals surface area contributed by atoms with Gasteiger partial charge < -0.3 is 4.74 Å². The van der Waals surface area contributed by atoms with Gasteiger partial charge >= 0.3 is 0 Å². The summed E-state index contributed by atoms with van der Waals surface area (Å²) >= 11 is 0. The second kappa shape index (κ2) is 6.19. The minimum Gasteiger partial charge on any atom is -0.496 e. The highest BCUT2D eigenvalue weighted by Crippen LogP contribution is 2.18. The number of hydrogen-bond acceptors (Lipinski definition) is 2. The third kappa shape index (κ3) is 3.29. The van der Waals surface area contributed by atoms with Crippen LogP contribution in [0.25, 0.3) is 0 Å². The molecule has 86 valence electrons. The average Bonchev–Trinajstić information content (AvgIpc) is 2.30. The van der Waals surface area contributed by atoms with Gasteiger partial charge in [-0.2, -0.15) is 0 Å². The van der Waals surface area contributed by atoms with Crippen LogP contribution in [0.5, 0.6) is 5.75 Å². The van der Waals surface area contributed by atoms with Crippen molar-refractivity contribution >= 4 is 0 Å². The van der Waals surface area contributed by atoms with E-state index in [1.807, 2.05) is 13.0 Å². The van der Waals surface area contributed by atoms with Crippen LogP contribution in [0.3, 0.4) is 0 Å². The molecule has 1 aromatic carbocycles. The van der Waals surface area contributed by atoms with Gasteiger partial charge in [0.2, 0.25) is 0 Å². The van der Waals surface area contributed by atoms with Gasteiger partial charge in [0.1, 0.15) is 5.75 Å². The van der Waals surface area contributed by atoms with Crippen LogP contribution in [0, 0.1) is 19.3 Å². The number of benzene rings is 1. The molecule has 1 N–H and O–H groups in total. The Balaban J connectivity index is 2.62. The molecule has 1 rings (SSSR count). The van der Waals surface area contributed by atoms with Crippen molar-refractivity contribution in [2.45, 2.75) is 32.9 Å². The highest BCUT2D eigenvalue weighted by molar-refractivity contribution is 5.36. The van der Waals surface area contributed by atoms with Gasteiger partial charge in [0.05, 0.1) is 13.2 Å². The Bertz CT molecular complexity index is 379. The van der Waals surface area contributed by atoms with Crippen molar-refractivity contribution in [2.75, 3.05) is 7.11 Å². The van der Waals surface area contributed by atoms with Crippen LogP contribution in [-0.2, 0) is 6.54 Å². The van der Waals surface area contributed by atoms with E-state index in [1.54, 1.807) is 7.11 Å². The zero-order valence-corrected chi connectivity index (χ0v) is 10.2. The van der Waals surface area contributed by atoms with Crippen molar-refractivity contribution in [1.29, 1.82) is 0 Å². The van der Waals surface area contributed by atoms with Crippen LogP contribution >= 0.6 is 0 Å². The smallest absolute Gasteiger partial charge is 0.121 e. The first-order valence-corrected chi connectivity index (χ1v) is 5.54. The van der Waals surface area contributed by atoms with E-state index in [1.165, 1.54) is 5.56 Å². The third-order valence-electron chi connectivity index (χ3n) is 2.62. The quantitative estimate of drug-likeness (QED) is 0.765. The molecule has 16 heavy (non-hydrogen) atoms. The molecular formula is C14H19NO. The summed E-state index contributed by atoms with van der Waals surface area (Å²) in [6, 6.07) is 6.32. The molecule has 0 fully saturated rings. The fourth-order valence-corrected chi connectivity index (χ4v) is 1.61. The normalized spacial score (nSPS) is 11.9. The summed E-state index contributed by atoms with van der Waals surface area (Å²) in [7, 11) is 1.69. The molecule has 0 amide bonds. The number of hydrogen-bond donors (Lipinski definition) is 1. The monoisotopic (exact) mass is 217 g/mol. The second-order valence-corrected chi connectivity index (χ2v) is 3.81. The van der Waals surface area contributed by atoms with Crippen LogP contribution in [-0.4, -0.2) is 13.2 Å². The predicted molar refractivity (Wildman–Crippen MR) is 67.5 cm³/mol. The summed E-state index contributed by atoms with van der Waals surface area (Å²) in [5, 5.41) is 3.32. The standard InChI is InChI=1S/C14H19NO/c1-5-13(6-2)15-10-12-7-8-14(16-4)11(3)9-12/h1,7-9,13,15H,6,10H2,2-4H3. The van der Waals surface area contributed by atoms with E-state index in [9.17, 15) is 0 Å². The molecule has 1 unspecified atom stereocenters. The highest BCUT2D eigenvalue weighted by atomic mass is 16.5. The van der Waals surface area contributed by atoms with Crippen molar-refractivity contribution in [3.05, 3.63) is 29.3 Å². The molecule has 0 heterocycles. The molecule has 1 aromatic rings. The van der Waals surface area contributed by atoms with Crippen molar-refractivity contribution in [1.82, 2.24) is 5.32 Å². The van der Waals surface area contributed by atoms with Crippen LogP contribution in [0.4, 0.5) is 0 Å². The maximum Gasteiger partial charge on any atom is 0.121 e. The largest absolute Gasteiger partial charge is 0.496 e. The van der Waals surface area contributed by atoms with Crippen LogP contribution in [0.15, 0.2) is 18.2 Å². The first kappa shape index (κ1) is 12.6. The highest BCUT2D eigenvalue weighted by Gasteiger charge is 2.03. The Morgan fingerprint density at radius 3 is 2.75 bits per heavy atom. The third-order valence-corrected chi connectivity index (χ3v) is 2.62. The molecule has 0 saturated heterocycles. The predicted octanol–water partition coefficient (Wildman–Crippen LogP) is 2.51.